The molecule has 8 heteroatoms. The van der Waals surface area contributed by atoms with E-state index in [1.807, 2.05) is 25.5 Å². The Morgan fingerprint density at radius 3 is 2.63 bits per heavy atom. The first-order chi connectivity index (χ1) is 8.97. The average Bonchev–Trinajstić information content (AvgIpc) is 2.66. The second-order valence-corrected chi connectivity index (χ2v) is 5.63. The molecule has 2 heterocycles. The first-order valence-corrected chi connectivity index (χ1v) is 7.10. The number of aromatic nitrogens is 3. The molecule has 2 rings (SSSR count). The van der Waals surface area contributed by atoms with Crippen LogP contribution in [-0.2, 0) is 16.6 Å². The van der Waals surface area contributed by atoms with Crippen LogP contribution in [0.5, 0.6) is 0 Å². The maximum atomic E-state index is 10.6. The van der Waals surface area contributed by atoms with Crippen LogP contribution in [0.4, 0.5) is 5.95 Å². The predicted octanol–water partition coefficient (Wildman–Crippen LogP) is 0.605. The van der Waals surface area contributed by atoms with Crippen molar-refractivity contribution in [1.82, 2.24) is 14.8 Å². The fraction of sp³-hybridized carbons (Fsp3) is 0.727. The third-order valence-corrected chi connectivity index (χ3v) is 3.84. The van der Waals surface area contributed by atoms with Gasteiger partial charge in [0.15, 0.2) is 5.16 Å². The van der Waals surface area contributed by atoms with E-state index in [1.165, 1.54) is 11.8 Å². The minimum atomic E-state index is -0.858. The largest absolute Gasteiger partial charge is 0.481 e. The number of thioether (sulfide) groups is 1. The van der Waals surface area contributed by atoms with Crippen molar-refractivity contribution in [1.29, 1.82) is 0 Å². The molecule has 1 aliphatic rings. The van der Waals surface area contributed by atoms with Gasteiger partial charge in [-0.15, -0.1) is 10.2 Å². The lowest BCUT2D eigenvalue weighted by Crippen LogP contribution is -2.46. The maximum Gasteiger partial charge on any atom is 0.313 e. The molecule has 1 saturated heterocycles. The fourth-order valence-corrected chi connectivity index (χ4v) is 2.80. The van der Waals surface area contributed by atoms with Gasteiger partial charge in [-0.3, -0.25) is 9.36 Å². The lowest BCUT2D eigenvalue weighted by Gasteiger charge is -2.35. The summed E-state index contributed by atoms with van der Waals surface area (Å²) in [5.41, 5.74) is 0. The van der Waals surface area contributed by atoms with Crippen LogP contribution in [0, 0.1) is 0 Å². The van der Waals surface area contributed by atoms with E-state index in [0.717, 1.165) is 19.0 Å². The van der Waals surface area contributed by atoms with Crippen LogP contribution in [0.2, 0.25) is 0 Å². The van der Waals surface area contributed by atoms with Crippen molar-refractivity contribution >= 4 is 23.7 Å². The molecule has 0 spiro atoms. The Hall–Kier alpha value is -1.28. The van der Waals surface area contributed by atoms with Crippen molar-refractivity contribution in [3.63, 3.8) is 0 Å². The summed E-state index contributed by atoms with van der Waals surface area (Å²) in [7, 11) is 1.85. The summed E-state index contributed by atoms with van der Waals surface area (Å²) < 4.78 is 7.51. The van der Waals surface area contributed by atoms with E-state index >= 15 is 0 Å². The highest BCUT2D eigenvalue weighted by Crippen LogP contribution is 2.22. The van der Waals surface area contributed by atoms with Crippen molar-refractivity contribution < 1.29 is 14.6 Å². The van der Waals surface area contributed by atoms with Gasteiger partial charge in [0.05, 0.1) is 18.0 Å². The third-order valence-electron chi connectivity index (χ3n) is 2.84. The minimum absolute atomic E-state index is 0.0120. The van der Waals surface area contributed by atoms with Crippen LogP contribution in [-0.4, -0.2) is 56.9 Å². The third kappa shape index (κ3) is 3.38. The molecule has 0 aliphatic carbocycles. The number of hydrogen-bond donors (Lipinski definition) is 1. The smallest absolute Gasteiger partial charge is 0.313 e. The summed E-state index contributed by atoms with van der Waals surface area (Å²) in [5.74, 6) is -0.111. The number of nitrogens with zero attached hydrogens (tertiary/aromatic N) is 4. The monoisotopic (exact) mass is 286 g/mol. The number of ether oxygens (including phenoxy) is 1. The Morgan fingerprint density at radius 2 is 2.05 bits per heavy atom. The second kappa shape index (κ2) is 5.79. The fourth-order valence-electron chi connectivity index (χ4n) is 2.18. The van der Waals surface area contributed by atoms with E-state index < -0.39 is 5.97 Å². The van der Waals surface area contributed by atoms with Gasteiger partial charge in [-0.25, -0.2) is 0 Å². The molecule has 0 unspecified atom stereocenters. The molecule has 0 amide bonds. The average molecular weight is 286 g/mol. The van der Waals surface area contributed by atoms with Crippen molar-refractivity contribution in [3.05, 3.63) is 0 Å². The lowest BCUT2D eigenvalue weighted by molar-refractivity contribution is -0.133. The summed E-state index contributed by atoms with van der Waals surface area (Å²) in [6, 6.07) is 0. The molecule has 0 aromatic carbocycles. The molecule has 0 radical (unpaired) electrons. The lowest BCUT2D eigenvalue weighted by atomic mass is 10.2. The van der Waals surface area contributed by atoms with Crippen LogP contribution < -0.4 is 4.90 Å². The zero-order valence-corrected chi connectivity index (χ0v) is 12.1. The highest BCUT2D eigenvalue weighted by atomic mass is 32.2. The number of aliphatic carboxylic acids is 1. The molecular formula is C11H18N4O3S. The van der Waals surface area contributed by atoms with Crippen molar-refractivity contribution in [2.75, 3.05) is 23.7 Å². The van der Waals surface area contributed by atoms with E-state index in [4.69, 9.17) is 9.84 Å². The van der Waals surface area contributed by atoms with Crippen LogP contribution in [0.1, 0.15) is 13.8 Å². The Balaban J connectivity index is 2.10. The van der Waals surface area contributed by atoms with Gasteiger partial charge >= 0.3 is 5.97 Å². The summed E-state index contributed by atoms with van der Waals surface area (Å²) >= 11 is 1.17. The van der Waals surface area contributed by atoms with Gasteiger partial charge in [-0.1, -0.05) is 11.8 Å². The molecule has 0 bridgehead atoms. The van der Waals surface area contributed by atoms with E-state index in [2.05, 4.69) is 15.1 Å². The van der Waals surface area contributed by atoms with E-state index in [9.17, 15) is 4.79 Å². The summed E-state index contributed by atoms with van der Waals surface area (Å²) in [6.07, 6.45) is 0.297. The number of morpholine rings is 1. The zero-order chi connectivity index (χ0) is 14.0. The second-order valence-electron chi connectivity index (χ2n) is 4.69. The molecule has 1 aliphatic heterocycles. The highest BCUT2D eigenvalue weighted by molar-refractivity contribution is 7.99. The number of carboxylic acids is 1. The van der Waals surface area contributed by atoms with Crippen molar-refractivity contribution in [3.8, 4) is 0 Å². The first-order valence-electron chi connectivity index (χ1n) is 6.11. The van der Waals surface area contributed by atoms with Crippen LogP contribution in [0.25, 0.3) is 0 Å². The van der Waals surface area contributed by atoms with Gasteiger partial charge < -0.3 is 14.7 Å². The molecule has 0 saturated carbocycles. The molecule has 106 valence electrons. The van der Waals surface area contributed by atoms with Gasteiger partial charge in [-0.2, -0.15) is 0 Å². The van der Waals surface area contributed by atoms with Gasteiger partial charge in [0.2, 0.25) is 5.95 Å². The Labute approximate surface area is 115 Å². The number of rotatable bonds is 4. The Morgan fingerprint density at radius 1 is 1.42 bits per heavy atom. The van der Waals surface area contributed by atoms with Gasteiger partial charge in [0, 0.05) is 20.1 Å². The standard InChI is InChI=1S/C11H18N4O3S/c1-7-4-15(5-8(2)18-7)10-12-13-11(14(10)3)19-6-9(16)17/h7-8H,4-6H2,1-3H3,(H,16,17)/t7-,8+. The van der Waals surface area contributed by atoms with Crippen molar-refractivity contribution in [2.24, 2.45) is 7.05 Å². The molecular weight excluding hydrogens is 268 g/mol. The highest BCUT2D eigenvalue weighted by Gasteiger charge is 2.26. The van der Waals surface area contributed by atoms with Crippen molar-refractivity contribution in [2.45, 2.75) is 31.2 Å². The number of anilines is 1. The quantitative estimate of drug-likeness (QED) is 0.812. The molecule has 1 aromatic rings. The minimum Gasteiger partial charge on any atom is -0.481 e. The Kier molecular flexibility index (Phi) is 4.31. The molecule has 19 heavy (non-hydrogen) atoms. The predicted molar refractivity (Wildman–Crippen MR) is 71.6 cm³/mol. The Bertz CT molecular complexity index is 455. The first kappa shape index (κ1) is 14.1. The molecule has 1 aromatic heterocycles. The van der Waals surface area contributed by atoms with Gasteiger partial charge in [-0.05, 0) is 13.8 Å². The van der Waals surface area contributed by atoms with Crippen LogP contribution in [0.3, 0.4) is 0 Å². The molecule has 2 atom stereocenters. The number of carboxylic acid groups (broad SMARTS) is 1. The summed E-state index contributed by atoms with van der Waals surface area (Å²) in [4.78, 5) is 12.7. The van der Waals surface area contributed by atoms with Crippen LogP contribution in [0.15, 0.2) is 5.16 Å². The van der Waals surface area contributed by atoms with E-state index in [0.29, 0.717) is 5.16 Å². The normalized spacial score (nSPS) is 23.6. The summed E-state index contributed by atoms with van der Waals surface area (Å²) in [5, 5.41) is 17.5. The maximum absolute atomic E-state index is 10.6. The molecule has 1 fully saturated rings. The van der Waals surface area contributed by atoms with E-state index in [1.54, 1.807) is 0 Å². The molecule has 1 N–H and O–H groups in total. The number of carbonyl (C=O) groups is 1. The van der Waals surface area contributed by atoms with Gasteiger partial charge in [0.1, 0.15) is 0 Å². The zero-order valence-electron chi connectivity index (χ0n) is 11.2. The van der Waals surface area contributed by atoms with Crippen LogP contribution >= 0.6 is 11.8 Å². The van der Waals surface area contributed by atoms with Gasteiger partial charge in [0.25, 0.3) is 0 Å². The number of hydrogen-bond acceptors (Lipinski definition) is 6. The molecule has 7 nitrogen and oxygen atoms in total. The topological polar surface area (TPSA) is 80.5 Å². The van der Waals surface area contributed by atoms with E-state index in [-0.39, 0.29) is 18.0 Å². The summed E-state index contributed by atoms with van der Waals surface area (Å²) in [6.45, 7) is 5.58. The SMILES string of the molecule is C[C@@H]1CN(c2nnc(SCC(=O)O)n2C)C[C@H](C)O1.